The van der Waals surface area contributed by atoms with Crippen LogP contribution in [0.5, 0.6) is 0 Å². The van der Waals surface area contributed by atoms with Gasteiger partial charge in [0, 0.05) is 32.7 Å². The summed E-state index contributed by atoms with van der Waals surface area (Å²) < 4.78 is 26.6. The van der Waals surface area contributed by atoms with Crippen LogP contribution < -0.4 is 4.31 Å². The lowest BCUT2D eigenvalue weighted by Crippen LogP contribution is -2.55. The van der Waals surface area contributed by atoms with Crippen LogP contribution in [-0.2, 0) is 14.8 Å². The lowest BCUT2D eigenvalue weighted by molar-refractivity contribution is -0.133. The van der Waals surface area contributed by atoms with Crippen LogP contribution in [0, 0.1) is 13.8 Å². The van der Waals surface area contributed by atoms with Gasteiger partial charge in [0.2, 0.25) is 15.9 Å². The van der Waals surface area contributed by atoms with Gasteiger partial charge in [0.15, 0.2) is 0 Å². The van der Waals surface area contributed by atoms with Crippen molar-refractivity contribution in [2.24, 2.45) is 0 Å². The van der Waals surface area contributed by atoms with Crippen LogP contribution in [0.3, 0.4) is 0 Å². The average Bonchev–Trinajstić information content (AvgIpc) is 2.76. The fraction of sp³-hybridized carbons (Fsp3) is 0.400. The van der Waals surface area contributed by atoms with E-state index in [4.69, 9.17) is 0 Å². The maximum absolute atomic E-state index is 13.2. The first-order valence-corrected chi connectivity index (χ1v) is 12.8. The number of benzene rings is 2. The van der Waals surface area contributed by atoms with Crippen molar-refractivity contribution < 1.29 is 13.2 Å². The van der Waals surface area contributed by atoms with Gasteiger partial charge in [-0.05, 0) is 43.5 Å². The van der Waals surface area contributed by atoms with Crippen molar-refractivity contribution in [3.8, 4) is 0 Å². The minimum Gasteiger partial charge on any atom is -0.338 e. The molecule has 2 aromatic carbocycles. The van der Waals surface area contributed by atoms with E-state index in [1.807, 2.05) is 50.2 Å². The molecule has 6 nitrogen and oxygen atoms in total. The number of hydrogen-bond donors (Lipinski definition) is 0. The molecule has 0 aromatic heterocycles. The average molecular weight is 456 g/mol. The first-order valence-electron chi connectivity index (χ1n) is 11.0. The number of hydrogen-bond acceptors (Lipinski definition) is 4. The molecule has 172 valence electrons. The Morgan fingerprint density at radius 1 is 1.06 bits per heavy atom. The number of nitrogens with zero attached hydrogens (tertiary/aromatic N) is 3. The quantitative estimate of drug-likeness (QED) is 0.643. The van der Waals surface area contributed by atoms with Crippen molar-refractivity contribution in [1.29, 1.82) is 0 Å². The van der Waals surface area contributed by atoms with E-state index in [9.17, 15) is 13.2 Å². The Morgan fingerprint density at radius 3 is 2.34 bits per heavy atom. The molecule has 1 aliphatic rings. The molecule has 1 unspecified atom stereocenters. The van der Waals surface area contributed by atoms with E-state index >= 15 is 0 Å². The van der Waals surface area contributed by atoms with Crippen LogP contribution in [0.1, 0.15) is 23.6 Å². The number of piperazine rings is 1. The summed E-state index contributed by atoms with van der Waals surface area (Å²) in [6.07, 6.45) is 5.41. The highest BCUT2D eigenvalue weighted by atomic mass is 32.2. The third kappa shape index (κ3) is 5.99. The molecule has 0 N–H and O–H groups in total. The van der Waals surface area contributed by atoms with Crippen LogP contribution in [0.15, 0.2) is 54.6 Å². The van der Waals surface area contributed by atoms with Crippen molar-refractivity contribution in [3.63, 3.8) is 0 Å². The zero-order valence-corrected chi connectivity index (χ0v) is 20.2. The zero-order chi connectivity index (χ0) is 23.3. The van der Waals surface area contributed by atoms with E-state index in [1.54, 1.807) is 11.8 Å². The fourth-order valence-corrected chi connectivity index (χ4v) is 5.27. The van der Waals surface area contributed by atoms with Crippen LogP contribution in [0.25, 0.3) is 6.08 Å². The van der Waals surface area contributed by atoms with Gasteiger partial charge in [-0.2, -0.15) is 0 Å². The summed E-state index contributed by atoms with van der Waals surface area (Å²) in [6.45, 7) is 9.00. The molecule has 0 radical (unpaired) electrons. The highest BCUT2D eigenvalue weighted by molar-refractivity contribution is 7.92. The molecule has 7 heteroatoms. The normalized spacial score (nSPS) is 16.3. The molecule has 3 rings (SSSR count). The number of amides is 1. The SMILES string of the molecule is Cc1ccc(C)c(N(C(C)C(=O)N2CCN(C/C=C/c3ccccc3)CC2)S(C)(=O)=O)c1. The Balaban J connectivity index is 1.64. The minimum absolute atomic E-state index is 0.157. The number of rotatable bonds is 7. The van der Waals surface area contributed by atoms with Gasteiger partial charge in [-0.15, -0.1) is 0 Å². The molecule has 2 aromatic rings. The maximum atomic E-state index is 13.2. The molecular weight excluding hydrogens is 422 g/mol. The van der Waals surface area contributed by atoms with Gasteiger partial charge in [-0.1, -0.05) is 54.6 Å². The molecule has 1 aliphatic heterocycles. The largest absolute Gasteiger partial charge is 0.338 e. The van der Waals surface area contributed by atoms with Gasteiger partial charge < -0.3 is 4.90 Å². The second-order valence-electron chi connectivity index (χ2n) is 8.46. The third-order valence-electron chi connectivity index (χ3n) is 5.83. The van der Waals surface area contributed by atoms with Gasteiger partial charge in [0.1, 0.15) is 6.04 Å². The number of aryl methyl sites for hydroxylation is 2. The van der Waals surface area contributed by atoms with Crippen molar-refractivity contribution >= 4 is 27.7 Å². The lowest BCUT2D eigenvalue weighted by atomic mass is 10.1. The van der Waals surface area contributed by atoms with Gasteiger partial charge in [0.05, 0.1) is 11.9 Å². The Labute approximate surface area is 192 Å². The predicted molar refractivity (Wildman–Crippen MR) is 131 cm³/mol. The van der Waals surface area contributed by atoms with Crippen molar-refractivity contribution in [1.82, 2.24) is 9.80 Å². The molecule has 1 atom stereocenters. The van der Waals surface area contributed by atoms with E-state index in [1.165, 1.54) is 9.87 Å². The third-order valence-corrected chi connectivity index (χ3v) is 7.05. The van der Waals surface area contributed by atoms with Gasteiger partial charge >= 0.3 is 0 Å². The monoisotopic (exact) mass is 455 g/mol. The van der Waals surface area contributed by atoms with Crippen LogP contribution in [0.2, 0.25) is 0 Å². The molecule has 0 aliphatic carbocycles. The van der Waals surface area contributed by atoms with Gasteiger partial charge in [0.25, 0.3) is 0 Å². The van der Waals surface area contributed by atoms with E-state index in [0.717, 1.165) is 37.0 Å². The summed E-state index contributed by atoms with van der Waals surface area (Å²) in [4.78, 5) is 17.3. The van der Waals surface area contributed by atoms with E-state index in [-0.39, 0.29) is 5.91 Å². The second kappa shape index (κ2) is 10.3. The Kier molecular flexibility index (Phi) is 7.74. The van der Waals surface area contributed by atoms with Gasteiger partial charge in [-0.3, -0.25) is 14.0 Å². The van der Waals surface area contributed by atoms with Crippen LogP contribution in [0.4, 0.5) is 5.69 Å². The first-order chi connectivity index (χ1) is 15.2. The van der Waals surface area contributed by atoms with Crippen LogP contribution >= 0.6 is 0 Å². The van der Waals surface area contributed by atoms with E-state index in [0.29, 0.717) is 18.8 Å². The topological polar surface area (TPSA) is 60.9 Å². The Morgan fingerprint density at radius 2 is 1.72 bits per heavy atom. The van der Waals surface area contributed by atoms with E-state index in [2.05, 4.69) is 29.2 Å². The zero-order valence-electron chi connectivity index (χ0n) is 19.4. The highest BCUT2D eigenvalue weighted by Gasteiger charge is 2.34. The summed E-state index contributed by atoms with van der Waals surface area (Å²) >= 11 is 0. The molecule has 1 saturated heterocycles. The van der Waals surface area contributed by atoms with Crippen molar-refractivity contribution in [3.05, 3.63) is 71.3 Å². The van der Waals surface area contributed by atoms with Gasteiger partial charge in [-0.25, -0.2) is 8.42 Å². The minimum atomic E-state index is -3.62. The fourth-order valence-electron chi connectivity index (χ4n) is 4.05. The maximum Gasteiger partial charge on any atom is 0.246 e. The second-order valence-corrected chi connectivity index (χ2v) is 10.3. The highest BCUT2D eigenvalue weighted by Crippen LogP contribution is 2.27. The molecule has 1 heterocycles. The number of carbonyl (C=O) groups is 1. The first kappa shape index (κ1) is 24.0. The summed E-state index contributed by atoms with van der Waals surface area (Å²) in [5, 5.41) is 0. The molecular formula is C25H33N3O3S. The Bertz CT molecular complexity index is 1060. The molecule has 0 spiro atoms. The molecule has 1 fully saturated rings. The summed E-state index contributed by atoms with van der Waals surface area (Å²) in [5.41, 5.74) is 3.52. The smallest absolute Gasteiger partial charge is 0.246 e. The molecule has 1 amide bonds. The number of carbonyl (C=O) groups excluding carboxylic acids is 1. The molecule has 32 heavy (non-hydrogen) atoms. The lowest BCUT2D eigenvalue weighted by Gasteiger charge is -2.38. The summed E-state index contributed by atoms with van der Waals surface area (Å²) in [5.74, 6) is -0.157. The summed E-state index contributed by atoms with van der Waals surface area (Å²) in [7, 11) is -3.62. The molecule has 0 saturated carbocycles. The summed E-state index contributed by atoms with van der Waals surface area (Å²) in [6, 6.07) is 15.0. The van der Waals surface area contributed by atoms with Crippen molar-refractivity contribution in [2.45, 2.75) is 26.8 Å². The van der Waals surface area contributed by atoms with Crippen LogP contribution in [-0.4, -0.2) is 69.1 Å². The predicted octanol–water partition coefficient (Wildman–Crippen LogP) is 3.32. The number of sulfonamides is 1. The Hall–Kier alpha value is -2.64. The number of anilines is 1. The van der Waals surface area contributed by atoms with Crippen molar-refractivity contribution in [2.75, 3.05) is 43.3 Å². The standard InChI is InChI=1S/C25H33N3O3S/c1-20-12-13-21(2)24(19-20)28(32(4,30)31)22(3)25(29)27-17-15-26(16-18-27)14-8-11-23-9-6-5-7-10-23/h5-13,19,22H,14-18H2,1-4H3/b11-8+. The van der Waals surface area contributed by atoms with E-state index < -0.39 is 16.1 Å². The molecule has 0 bridgehead atoms.